The predicted molar refractivity (Wildman–Crippen MR) is 65.4 cm³/mol. The Kier molecular flexibility index (Phi) is 2.53. The smallest absolute Gasteiger partial charge is 0.0953 e. The second-order valence-electron chi connectivity index (χ2n) is 4.17. The first-order chi connectivity index (χ1) is 8.38. The summed E-state index contributed by atoms with van der Waals surface area (Å²) >= 11 is 0. The van der Waals surface area contributed by atoms with E-state index in [1.807, 2.05) is 18.6 Å². The molecule has 0 aromatic carbocycles. The number of pyridine rings is 1. The molecule has 88 valence electrons. The van der Waals surface area contributed by atoms with Gasteiger partial charge in [0.15, 0.2) is 0 Å². The van der Waals surface area contributed by atoms with Gasteiger partial charge in [0, 0.05) is 25.8 Å². The summed E-state index contributed by atoms with van der Waals surface area (Å²) in [6.45, 7) is 3.30. The first kappa shape index (κ1) is 10.3. The van der Waals surface area contributed by atoms with Crippen LogP contribution in [0.2, 0.25) is 0 Å². The van der Waals surface area contributed by atoms with Crippen molar-refractivity contribution in [3.63, 3.8) is 0 Å². The monoisotopic (exact) mass is 229 g/mol. The lowest BCUT2D eigenvalue weighted by Crippen LogP contribution is -2.33. The Morgan fingerprint density at radius 1 is 1.35 bits per heavy atom. The van der Waals surface area contributed by atoms with Gasteiger partial charge in [-0.1, -0.05) is 0 Å². The molecule has 0 atom stereocenters. The molecule has 0 amide bonds. The number of nitrogens with two attached hydrogens (primary N) is 1. The zero-order valence-corrected chi connectivity index (χ0v) is 9.58. The zero-order valence-electron chi connectivity index (χ0n) is 9.58. The minimum Gasteiger partial charge on any atom is -0.363 e. The van der Waals surface area contributed by atoms with E-state index in [1.165, 1.54) is 5.69 Å². The Hall–Kier alpha value is -1.88. The molecule has 0 aliphatic carbocycles. The molecule has 3 rings (SSSR count). The van der Waals surface area contributed by atoms with Crippen molar-refractivity contribution in [2.24, 2.45) is 5.73 Å². The number of imidazole rings is 1. The molecular formula is C12H15N5. The molecule has 1 aliphatic rings. The van der Waals surface area contributed by atoms with Gasteiger partial charge >= 0.3 is 0 Å². The van der Waals surface area contributed by atoms with Crippen molar-refractivity contribution in [2.45, 2.75) is 19.6 Å². The number of nitrogens with zero attached hydrogens (tertiary/aromatic N) is 4. The highest BCUT2D eigenvalue weighted by atomic mass is 15.2. The third-order valence-electron chi connectivity index (χ3n) is 3.19. The van der Waals surface area contributed by atoms with Crippen molar-refractivity contribution in [2.75, 3.05) is 11.4 Å². The Morgan fingerprint density at radius 3 is 3.06 bits per heavy atom. The molecule has 0 spiro atoms. The highest BCUT2D eigenvalue weighted by Crippen LogP contribution is 2.21. The van der Waals surface area contributed by atoms with E-state index >= 15 is 0 Å². The maximum Gasteiger partial charge on any atom is 0.0953 e. The Bertz CT molecular complexity index is 491. The number of rotatable bonds is 2. The maximum atomic E-state index is 5.70. The minimum atomic E-state index is 0.503. The molecule has 0 saturated heterocycles. The fourth-order valence-corrected chi connectivity index (χ4v) is 2.24. The lowest BCUT2D eigenvalue weighted by molar-refractivity contribution is 0.567. The average Bonchev–Trinajstić information content (AvgIpc) is 2.81. The van der Waals surface area contributed by atoms with Gasteiger partial charge in [0.2, 0.25) is 0 Å². The van der Waals surface area contributed by atoms with E-state index in [2.05, 4.69) is 25.5 Å². The highest BCUT2D eigenvalue weighted by Gasteiger charge is 2.19. The molecule has 1 aliphatic heterocycles. The second kappa shape index (κ2) is 4.18. The van der Waals surface area contributed by atoms with Crippen molar-refractivity contribution >= 4 is 5.69 Å². The van der Waals surface area contributed by atoms with Gasteiger partial charge in [-0.05, 0) is 12.1 Å². The van der Waals surface area contributed by atoms with E-state index in [1.54, 1.807) is 6.20 Å². The molecule has 5 nitrogen and oxygen atoms in total. The van der Waals surface area contributed by atoms with Crippen LogP contribution in [0.15, 0.2) is 30.9 Å². The summed E-state index contributed by atoms with van der Waals surface area (Å²) in [7, 11) is 0. The SMILES string of the molecule is NCc1ncn2c1CN(c1cccnc1)CC2. The molecular weight excluding hydrogens is 214 g/mol. The number of hydrogen-bond donors (Lipinski definition) is 1. The largest absolute Gasteiger partial charge is 0.363 e. The fourth-order valence-electron chi connectivity index (χ4n) is 2.24. The number of fused-ring (bicyclic) bond motifs is 1. The van der Waals surface area contributed by atoms with Gasteiger partial charge in [-0.15, -0.1) is 0 Å². The third kappa shape index (κ3) is 1.78. The first-order valence-corrected chi connectivity index (χ1v) is 5.76. The summed E-state index contributed by atoms with van der Waals surface area (Å²) in [6, 6.07) is 4.05. The lowest BCUT2D eigenvalue weighted by Gasteiger charge is -2.30. The lowest BCUT2D eigenvalue weighted by atomic mass is 10.2. The highest BCUT2D eigenvalue weighted by molar-refractivity contribution is 5.45. The average molecular weight is 229 g/mol. The van der Waals surface area contributed by atoms with Crippen LogP contribution in [0.1, 0.15) is 11.4 Å². The second-order valence-corrected chi connectivity index (χ2v) is 4.17. The van der Waals surface area contributed by atoms with Crippen LogP contribution in [0.4, 0.5) is 5.69 Å². The van der Waals surface area contributed by atoms with Gasteiger partial charge in [0.05, 0.1) is 36.1 Å². The van der Waals surface area contributed by atoms with E-state index in [0.29, 0.717) is 6.54 Å². The summed E-state index contributed by atoms with van der Waals surface area (Å²) in [5, 5.41) is 0. The van der Waals surface area contributed by atoms with Crippen LogP contribution >= 0.6 is 0 Å². The Labute approximate surface area is 99.9 Å². The van der Waals surface area contributed by atoms with E-state index in [4.69, 9.17) is 5.73 Å². The zero-order chi connectivity index (χ0) is 11.7. The van der Waals surface area contributed by atoms with Crippen molar-refractivity contribution in [3.8, 4) is 0 Å². The van der Waals surface area contributed by atoms with Gasteiger partial charge in [0.25, 0.3) is 0 Å². The van der Waals surface area contributed by atoms with E-state index in [9.17, 15) is 0 Å². The summed E-state index contributed by atoms with van der Waals surface area (Å²) in [4.78, 5) is 10.8. The van der Waals surface area contributed by atoms with E-state index < -0.39 is 0 Å². The molecule has 0 unspecified atom stereocenters. The van der Waals surface area contributed by atoms with Gasteiger partial charge in [0.1, 0.15) is 0 Å². The van der Waals surface area contributed by atoms with Crippen LogP contribution in [0.25, 0.3) is 0 Å². The van der Waals surface area contributed by atoms with Crippen molar-refractivity contribution in [1.29, 1.82) is 0 Å². The van der Waals surface area contributed by atoms with Gasteiger partial charge in [-0.25, -0.2) is 4.98 Å². The topological polar surface area (TPSA) is 60.0 Å². The molecule has 0 fully saturated rings. The molecule has 0 bridgehead atoms. The molecule has 0 radical (unpaired) electrons. The molecule has 5 heteroatoms. The Balaban J connectivity index is 1.89. The molecule has 3 heterocycles. The van der Waals surface area contributed by atoms with Crippen LogP contribution in [0.5, 0.6) is 0 Å². The minimum absolute atomic E-state index is 0.503. The third-order valence-corrected chi connectivity index (χ3v) is 3.19. The van der Waals surface area contributed by atoms with Gasteiger partial charge < -0.3 is 15.2 Å². The molecule has 2 N–H and O–H groups in total. The summed E-state index contributed by atoms with van der Waals surface area (Å²) in [6.07, 6.45) is 5.58. The standard InChI is InChI=1S/C12H15N5/c13-6-11-12-8-16(4-5-17(12)9-15-11)10-2-1-3-14-7-10/h1-3,7,9H,4-6,8,13H2. The summed E-state index contributed by atoms with van der Waals surface area (Å²) in [5.41, 5.74) is 9.07. The number of anilines is 1. The fraction of sp³-hybridized carbons (Fsp3) is 0.333. The molecule has 17 heavy (non-hydrogen) atoms. The van der Waals surface area contributed by atoms with Crippen molar-refractivity contribution in [3.05, 3.63) is 42.2 Å². The first-order valence-electron chi connectivity index (χ1n) is 5.76. The van der Waals surface area contributed by atoms with E-state index in [0.717, 1.165) is 31.0 Å². The van der Waals surface area contributed by atoms with Gasteiger partial charge in [-0.2, -0.15) is 0 Å². The predicted octanol–water partition coefficient (Wildman–Crippen LogP) is 0.757. The van der Waals surface area contributed by atoms with Gasteiger partial charge in [-0.3, -0.25) is 4.98 Å². The Morgan fingerprint density at radius 2 is 2.29 bits per heavy atom. The van der Waals surface area contributed by atoms with Crippen LogP contribution in [0, 0.1) is 0 Å². The number of hydrogen-bond acceptors (Lipinski definition) is 4. The maximum absolute atomic E-state index is 5.70. The quantitative estimate of drug-likeness (QED) is 0.825. The van der Waals surface area contributed by atoms with Crippen LogP contribution < -0.4 is 10.6 Å². The number of aromatic nitrogens is 3. The summed E-state index contributed by atoms with van der Waals surface area (Å²) < 4.78 is 2.19. The molecule has 2 aromatic heterocycles. The van der Waals surface area contributed by atoms with Crippen LogP contribution in [-0.2, 0) is 19.6 Å². The van der Waals surface area contributed by atoms with E-state index in [-0.39, 0.29) is 0 Å². The molecule has 0 saturated carbocycles. The van der Waals surface area contributed by atoms with Crippen molar-refractivity contribution in [1.82, 2.24) is 14.5 Å². The normalized spacial score (nSPS) is 14.8. The van der Waals surface area contributed by atoms with Crippen LogP contribution in [0.3, 0.4) is 0 Å². The van der Waals surface area contributed by atoms with Crippen LogP contribution in [-0.4, -0.2) is 21.1 Å². The van der Waals surface area contributed by atoms with Crippen molar-refractivity contribution < 1.29 is 0 Å². The molecule has 2 aromatic rings. The summed E-state index contributed by atoms with van der Waals surface area (Å²) in [5.74, 6) is 0.